The van der Waals surface area contributed by atoms with Crippen molar-refractivity contribution in [1.29, 1.82) is 0 Å². The third-order valence-electron chi connectivity index (χ3n) is 2.43. The Morgan fingerprint density at radius 3 is 2.24 bits per heavy atom. The van der Waals surface area contributed by atoms with Crippen molar-refractivity contribution in [3.63, 3.8) is 0 Å². The van der Waals surface area contributed by atoms with E-state index in [9.17, 15) is 13.5 Å². The Morgan fingerprint density at radius 1 is 1.29 bits per heavy atom. The van der Waals surface area contributed by atoms with E-state index in [2.05, 4.69) is 0 Å². The second-order valence-electron chi connectivity index (χ2n) is 3.87. The van der Waals surface area contributed by atoms with Crippen molar-refractivity contribution in [3.05, 3.63) is 0 Å². The van der Waals surface area contributed by atoms with Gasteiger partial charge in [0.1, 0.15) is 5.75 Å². The Labute approximate surface area is 101 Å². The van der Waals surface area contributed by atoms with Crippen LogP contribution in [0, 0.1) is 0 Å². The lowest BCUT2D eigenvalue weighted by atomic mass is 10.2. The lowest BCUT2D eigenvalue weighted by Crippen LogP contribution is -2.45. The number of hydrogen-bond acceptors (Lipinski definition) is 6. The van der Waals surface area contributed by atoms with Crippen molar-refractivity contribution in [2.24, 2.45) is 0 Å². The molecule has 0 aliphatic rings. The maximum Gasteiger partial charge on any atom is 0.267 e. The van der Waals surface area contributed by atoms with Crippen molar-refractivity contribution < 1.29 is 28.3 Å². The SMILES string of the molecule is CCC(CO)N(CCO)CC(O)CS(=O)(=O)O. The average Bonchev–Trinajstić information content (AvgIpc) is 2.16. The third kappa shape index (κ3) is 7.63. The minimum Gasteiger partial charge on any atom is -0.395 e. The van der Waals surface area contributed by atoms with Crippen LogP contribution in [0.25, 0.3) is 0 Å². The number of hydrogen-bond donors (Lipinski definition) is 4. The highest BCUT2D eigenvalue weighted by molar-refractivity contribution is 7.85. The molecule has 0 spiro atoms. The molecule has 0 bridgehead atoms. The quantitative estimate of drug-likeness (QED) is 0.369. The Balaban J connectivity index is 4.42. The summed E-state index contributed by atoms with van der Waals surface area (Å²) in [6.07, 6.45) is -0.646. The largest absolute Gasteiger partial charge is 0.395 e. The molecule has 0 saturated carbocycles. The van der Waals surface area contributed by atoms with Crippen LogP contribution in [0.1, 0.15) is 13.3 Å². The van der Waals surface area contributed by atoms with E-state index in [-0.39, 0.29) is 32.3 Å². The maximum atomic E-state index is 10.6. The third-order valence-corrected chi connectivity index (χ3v) is 3.24. The molecule has 0 rings (SSSR count). The van der Waals surface area contributed by atoms with Crippen LogP contribution in [0.2, 0.25) is 0 Å². The Hall–Kier alpha value is -0.250. The topological polar surface area (TPSA) is 118 Å². The van der Waals surface area contributed by atoms with Crippen LogP contribution in [-0.2, 0) is 10.1 Å². The summed E-state index contributed by atoms with van der Waals surface area (Å²) in [7, 11) is -4.22. The van der Waals surface area contributed by atoms with Crippen LogP contribution in [0.15, 0.2) is 0 Å². The highest BCUT2D eigenvalue weighted by Gasteiger charge is 2.21. The fourth-order valence-electron chi connectivity index (χ4n) is 1.62. The molecule has 7 nitrogen and oxygen atoms in total. The first-order chi connectivity index (χ1) is 7.84. The monoisotopic (exact) mass is 271 g/mol. The molecule has 0 heterocycles. The normalized spacial score (nSPS) is 16.1. The highest BCUT2D eigenvalue weighted by Crippen LogP contribution is 2.05. The molecule has 2 atom stereocenters. The molecule has 0 aliphatic heterocycles. The van der Waals surface area contributed by atoms with Gasteiger partial charge in [-0.25, -0.2) is 0 Å². The van der Waals surface area contributed by atoms with E-state index < -0.39 is 22.0 Å². The summed E-state index contributed by atoms with van der Waals surface area (Å²) in [4.78, 5) is 1.59. The van der Waals surface area contributed by atoms with E-state index >= 15 is 0 Å². The van der Waals surface area contributed by atoms with Crippen LogP contribution in [0.4, 0.5) is 0 Å². The van der Waals surface area contributed by atoms with E-state index in [4.69, 9.17) is 14.8 Å². The predicted molar refractivity (Wildman–Crippen MR) is 62.2 cm³/mol. The molecular formula is C9H21NO6S. The van der Waals surface area contributed by atoms with Crippen molar-refractivity contribution in [1.82, 2.24) is 4.90 Å². The minimum atomic E-state index is -4.22. The van der Waals surface area contributed by atoms with Crippen molar-refractivity contribution >= 4 is 10.1 Å². The van der Waals surface area contributed by atoms with Crippen LogP contribution < -0.4 is 0 Å². The molecule has 0 aliphatic carbocycles. The molecule has 0 amide bonds. The van der Waals surface area contributed by atoms with Gasteiger partial charge in [-0.1, -0.05) is 6.92 Å². The van der Waals surface area contributed by atoms with E-state index in [0.717, 1.165) is 0 Å². The van der Waals surface area contributed by atoms with Crippen LogP contribution in [0.3, 0.4) is 0 Å². The summed E-state index contributed by atoms with van der Waals surface area (Å²) in [5, 5.41) is 27.4. The molecule has 0 saturated heterocycles. The van der Waals surface area contributed by atoms with E-state index in [1.54, 1.807) is 4.90 Å². The molecule has 104 valence electrons. The highest BCUT2D eigenvalue weighted by atomic mass is 32.2. The van der Waals surface area contributed by atoms with Gasteiger partial charge in [-0.2, -0.15) is 8.42 Å². The Morgan fingerprint density at radius 2 is 1.88 bits per heavy atom. The molecule has 0 aromatic rings. The van der Waals surface area contributed by atoms with E-state index in [1.807, 2.05) is 6.92 Å². The summed E-state index contributed by atoms with van der Waals surface area (Å²) in [6.45, 7) is 1.73. The Kier molecular flexibility index (Phi) is 7.84. The number of nitrogens with zero attached hydrogens (tertiary/aromatic N) is 1. The molecular weight excluding hydrogens is 250 g/mol. The molecule has 8 heteroatoms. The molecule has 0 fully saturated rings. The van der Waals surface area contributed by atoms with Gasteiger partial charge in [0, 0.05) is 19.1 Å². The van der Waals surface area contributed by atoms with Gasteiger partial charge in [0.05, 0.1) is 19.3 Å². The zero-order chi connectivity index (χ0) is 13.5. The van der Waals surface area contributed by atoms with E-state index in [0.29, 0.717) is 6.42 Å². The summed E-state index contributed by atoms with van der Waals surface area (Å²) >= 11 is 0. The number of aliphatic hydroxyl groups is 3. The first kappa shape index (κ1) is 16.8. The summed E-state index contributed by atoms with van der Waals surface area (Å²) in [5.41, 5.74) is 0. The van der Waals surface area contributed by atoms with Gasteiger partial charge in [-0.3, -0.25) is 9.45 Å². The van der Waals surface area contributed by atoms with Gasteiger partial charge in [0.25, 0.3) is 10.1 Å². The molecule has 4 N–H and O–H groups in total. The molecule has 0 radical (unpaired) electrons. The maximum absolute atomic E-state index is 10.6. The average molecular weight is 271 g/mol. The molecule has 17 heavy (non-hydrogen) atoms. The van der Waals surface area contributed by atoms with Crippen LogP contribution >= 0.6 is 0 Å². The second kappa shape index (κ2) is 7.96. The van der Waals surface area contributed by atoms with Crippen molar-refractivity contribution in [3.8, 4) is 0 Å². The summed E-state index contributed by atoms with van der Waals surface area (Å²) < 4.78 is 29.7. The lowest BCUT2D eigenvalue weighted by Gasteiger charge is -2.30. The standard InChI is InChI=1S/C9H21NO6S/c1-2-8(6-12)10(3-4-11)5-9(13)7-17(14,15)16/h8-9,11-13H,2-7H2,1H3,(H,14,15,16). The van der Waals surface area contributed by atoms with Gasteiger partial charge in [0.2, 0.25) is 0 Å². The Bertz CT molecular complexity index is 290. The van der Waals surface area contributed by atoms with Gasteiger partial charge in [0.15, 0.2) is 0 Å². The first-order valence-corrected chi connectivity index (χ1v) is 7.04. The second-order valence-corrected chi connectivity index (χ2v) is 5.36. The van der Waals surface area contributed by atoms with Gasteiger partial charge < -0.3 is 15.3 Å². The van der Waals surface area contributed by atoms with Gasteiger partial charge >= 0.3 is 0 Å². The molecule has 2 unspecified atom stereocenters. The fraction of sp³-hybridized carbons (Fsp3) is 1.00. The van der Waals surface area contributed by atoms with Crippen molar-refractivity contribution in [2.75, 3.05) is 32.1 Å². The van der Waals surface area contributed by atoms with Gasteiger partial charge in [-0.05, 0) is 6.42 Å². The number of rotatable bonds is 9. The lowest BCUT2D eigenvalue weighted by molar-refractivity contribution is 0.0564. The minimum absolute atomic E-state index is 0.0284. The smallest absolute Gasteiger partial charge is 0.267 e. The zero-order valence-corrected chi connectivity index (χ0v) is 10.7. The van der Waals surface area contributed by atoms with Gasteiger partial charge in [-0.15, -0.1) is 0 Å². The first-order valence-electron chi connectivity index (χ1n) is 5.43. The number of aliphatic hydroxyl groups excluding tert-OH is 3. The molecule has 0 aromatic carbocycles. The van der Waals surface area contributed by atoms with Crippen LogP contribution in [-0.4, -0.2) is 77.4 Å². The predicted octanol–water partition coefficient (Wildman–Crippen LogP) is -1.70. The van der Waals surface area contributed by atoms with Crippen molar-refractivity contribution in [2.45, 2.75) is 25.5 Å². The fourth-order valence-corrected chi connectivity index (χ4v) is 2.21. The molecule has 0 aromatic heterocycles. The van der Waals surface area contributed by atoms with Crippen LogP contribution in [0.5, 0.6) is 0 Å². The summed E-state index contributed by atoms with van der Waals surface area (Å²) in [5.74, 6) is -0.753. The summed E-state index contributed by atoms with van der Waals surface area (Å²) in [6, 6.07) is -0.252. The van der Waals surface area contributed by atoms with E-state index in [1.165, 1.54) is 0 Å². The zero-order valence-electron chi connectivity index (χ0n) is 9.86.